The molecule has 0 aliphatic rings. The molecule has 110 valence electrons. The van der Waals surface area contributed by atoms with Gasteiger partial charge in [-0.25, -0.2) is 0 Å². The maximum Gasteiger partial charge on any atom is 0.307 e. The number of ether oxygens (including phenoxy) is 2. The van der Waals surface area contributed by atoms with Gasteiger partial charge in [-0.15, -0.1) is 0 Å². The molecule has 0 aromatic heterocycles. The molecule has 20 heavy (non-hydrogen) atoms. The van der Waals surface area contributed by atoms with Crippen molar-refractivity contribution in [2.75, 3.05) is 27.3 Å². The lowest BCUT2D eigenvalue weighted by atomic mass is 10.2. The SMILES string of the molecule is COC(=O)CCN(C)C(=O)COc1ccc(C)cc1Br. The third-order valence-electron chi connectivity index (χ3n) is 2.74. The first kappa shape index (κ1) is 16.5. The highest BCUT2D eigenvalue weighted by atomic mass is 79.9. The summed E-state index contributed by atoms with van der Waals surface area (Å²) in [6, 6.07) is 5.63. The van der Waals surface area contributed by atoms with Crippen molar-refractivity contribution in [3.63, 3.8) is 0 Å². The van der Waals surface area contributed by atoms with Gasteiger partial charge in [-0.2, -0.15) is 0 Å². The lowest BCUT2D eigenvalue weighted by Gasteiger charge is -2.17. The van der Waals surface area contributed by atoms with Crippen LogP contribution in [0.5, 0.6) is 5.75 Å². The Hall–Kier alpha value is -1.56. The minimum absolute atomic E-state index is 0.0701. The number of methoxy groups -OCH3 is 1. The molecule has 0 aliphatic carbocycles. The van der Waals surface area contributed by atoms with Gasteiger partial charge in [-0.1, -0.05) is 6.07 Å². The van der Waals surface area contributed by atoms with Gasteiger partial charge in [0.15, 0.2) is 6.61 Å². The first-order valence-corrected chi connectivity index (χ1v) is 6.93. The number of rotatable bonds is 6. The van der Waals surface area contributed by atoms with E-state index in [4.69, 9.17) is 4.74 Å². The number of hydrogen-bond acceptors (Lipinski definition) is 4. The van der Waals surface area contributed by atoms with E-state index in [0.717, 1.165) is 10.0 Å². The number of carbonyl (C=O) groups excluding carboxylic acids is 2. The summed E-state index contributed by atoms with van der Waals surface area (Å²) in [6.45, 7) is 2.21. The minimum atomic E-state index is -0.341. The van der Waals surface area contributed by atoms with Crippen LogP contribution < -0.4 is 4.74 Å². The summed E-state index contributed by atoms with van der Waals surface area (Å²) in [4.78, 5) is 24.3. The van der Waals surface area contributed by atoms with Gasteiger partial charge in [0.05, 0.1) is 18.0 Å². The molecule has 0 spiro atoms. The molecule has 5 nitrogen and oxygen atoms in total. The van der Waals surface area contributed by atoms with Gasteiger partial charge in [0.1, 0.15) is 5.75 Å². The Morgan fingerprint density at radius 1 is 1.35 bits per heavy atom. The number of halogens is 1. The van der Waals surface area contributed by atoms with E-state index in [1.54, 1.807) is 13.1 Å². The molecule has 0 radical (unpaired) electrons. The zero-order valence-electron chi connectivity index (χ0n) is 11.8. The Morgan fingerprint density at radius 3 is 2.65 bits per heavy atom. The van der Waals surface area contributed by atoms with Gasteiger partial charge < -0.3 is 14.4 Å². The number of benzene rings is 1. The van der Waals surface area contributed by atoms with Crippen LogP contribution in [-0.4, -0.2) is 44.1 Å². The standard InChI is InChI=1S/C14H18BrNO4/c1-10-4-5-12(11(15)8-10)20-9-13(17)16(2)7-6-14(18)19-3/h4-5,8H,6-7,9H2,1-3H3. The maximum absolute atomic E-state index is 11.8. The number of esters is 1. The summed E-state index contributed by atoms with van der Waals surface area (Å²) < 4.78 is 10.8. The van der Waals surface area contributed by atoms with Crippen molar-refractivity contribution in [2.45, 2.75) is 13.3 Å². The monoisotopic (exact) mass is 343 g/mol. The second kappa shape index (κ2) is 7.89. The molecule has 0 aliphatic heterocycles. The van der Waals surface area contributed by atoms with Crippen molar-refractivity contribution in [1.29, 1.82) is 0 Å². The second-order valence-corrected chi connectivity index (χ2v) is 5.22. The first-order chi connectivity index (χ1) is 9.43. The molecule has 1 aromatic rings. The number of likely N-dealkylation sites (N-methyl/N-ethyl adjacent to an activating group) is 1. The fourth-order valence-electron chi connectivity index (χ4n) is 1.46. The Labute approximate surface area is 127 Å². The molecular weight excluding hydrogens is 326 g/mol. The Morgan fingerprint density at radius 2 is 2.05 bits per heavy atom. The third kappa shape index (κ3) is 5.21. The second-order valence-electron chi connectivity index (χ2n) is 4.36. The predicted molar refractivity (Wildman–Crippen MR) is 78.6 cm³/mol. The van der Waals surface area contributed by atoms with Gasteiger partial charge in [0, 0.05) is 13.6 Å². The molecule has 0 atom stereocenters. The topological polar surface area (TPSA) is 55.8 Å². The molecule has 0 fully saturated rings. The van der Waals surface area contributed by atoms with E-state index in [0.29, 0.717) is 12.3 Å². The number of carbonyl (C=O) groups is 2. The minimum Gasteiger partial charge on any atom is -0.483 e. The van der Waals surface area contributed by atoms with Crippen LogP contribution in [-0.2, 0) is 14.3 Å². The van der Waals surface area contributed by atoms with E-state index >= 15 is 0 Å². The lowest BCUT2D eigenvalue weighted by Crippen LogP contribution is -2.33. The van der Waals surface area contributed by atoms with E-state index in [-0.39, 0.29) is 24.9 Å². The Bertz CT molecular complexity index is 490. The van der Waals surface area contributed by atoms with Crippen molar-refractivity contribution in [3.05, 3.63) is 28.2 Å². The molecule has 1 aromatic carbocycles. The summed E-state index contributed by atoms with van der Waals surface area (Å²) in [7, 11) is 2.95. The molecule has 0 unspecified atom stereocenters. The molecule has 0 saturated carbocycles. The van der Waals surface area contributed by atoms with E-state index in [9.17, 15) is 9.59 Å². The highest BCUT2D eigenvalue weighted by Gasteiger charge is 2.12. The number of aryl methyl sites for hydroxylation is 1. The summed E-state index contributed by atoms with van der Waals surface area (Å²) in [5, 5.41) is 0. The fourth-order valence-corrected chi connectivity index (χ4v) is 2.07. The fraction of sp³-hybridized carbons (Fsp3) is 0.429. The highest BCUT2D eigenvalue weighted by Crippen LogP contribution is 2.25. The molecular formula is C14H18BrNO4. The first-order valence-electron chi connectivity index (χ1n) is 6.13. The summed E-state index contributed by atoms with van der Waals surface area (Å²) >= 11 is 3.38. The van der Waals surface area contributed by atoms with Gasteiger partial charge >= 0.3 is 5.97 Å². The molecule has 0 saturated heterocycles. The van der Waals surface area contributed by atoms with Gasteiger partial charge in [-0.05, 0) is 40.5 Å². The number of amides is 1. The van der Waals surface area contributed by atoms with E-state index < -0.39 is 0 Å². The van der Waals surface area contributed by atoms with Crippen LogP contribution in [0.1, 0.15) is 12.0 Å². The lowest BCUT2D eigenvalue weighted by molar-refractivity contribution is -0.141. The normalized spacial score (nSPS) is 10.0. The van der Waals surface area contributed by atoms with Gasteiger partial charge in [0.2, 0.25) is 0 Å². The van der Waals surface area contributed by atoms with Crippen LogP contribution in [0.25, 0.3) is 0 Å². The molecule has 1 amide bonds. The average molecular weight is 344 g/mol. The number of hydrogen-bond donors (Lipinski definition) is 0. The van der Waals surface area contributed by atoms with Crippen LogP contribution in [0.2, 0.25) is 0 Å². The molecule has 0 N–H and O–H groups in total. The summed E-state index contributed by atoms with van der Waals surface area (Å²) in [5.41, 5.74) is 1.10. The Kier molecular flexibility index (Phi) is 6.51. The smallest absolute Gasteiger partial charge is 0.307 e. The van der Waals surface area contributed by atoms with Crippen molar-refractivity contribution in [3.8, 4) is 5.75 Å². The van der Waals surface area contributed by atoms with Gasteiger partial charge in [0.25, 0.3) is 5.91 Å². The average Bonchev–Trinajstić information content (AvgIpc) is 2.42. The summed E-state index contributed by atoms with van der Waals surface area (Å²) in [5.74, 6) is 0.0820. The highest BCUT2D eigenvalue weighted by molar-refractivity contribution is 9.10. The maximum atomic E-state index is 11.8. The van der Waals surface area contributed by atoms with E-state index in [1.165, 1.54) is 12.0 Å². The largest absolute Gasteiger partial charge is 0.483 e. The zero-order valence-corrected chi connectivity index (χ0v) is 13.4. The van der Waals surface area contributed by atoms with E-state index in [2.05, 4.69) is 20.7 Å². The summed E-state index contributed by atoms with van der Waals surface area (Å²) in [6.07, 6.45) is 0.174. The number of nitrogens with zero attached hydrogens (tertiary/aromatic N) is 1. The molecule has 0 heterocycles. The van der Waals surface area contributed by atoms with Crippen LogP contribution in [0, 0.1) is 6.92 Å². The third-order valence-corrected chi connectivity index (χ3v) is 3.36. The molecule has 0 bridgehead atoms. The van der Waals surface area contributed by atoms with Crippen LogP contribution in [0.15, 0.2) is 22.7 Å². The van der Waals surface area contributed by atoms with Crippen LogP contribution >= 0.6 is 15.9 Å². The molecule has 6 heteroatoms. The van der Waals surface area contributed by atoms with E-state index in [1.807, 2.05) is 19.1 Å². The van der Waals surface area contributed by atoms with Crippen molar-refractivity contribution in [2.24, 2.45) is 0 Å². The quantitative estimate of drug-likeness (QED) is 0.742. The van der Waals surface area contributed by atoms with Crippen LogP contribution in [0.3, 0.4) is 0 Å². The molecule has 1 rings (SSSR count). The van der Waals surface area contributed by atoms with Crippen molar-refractivity contribution < 1.29 is 19.1 Å². The van der Waals surface area contributed by atoms with Crippen LogP contribution in [0.4, 0.5) is 0 Å². The zero-order chi connectivity index (χ0) is 15.1. The van der Waals surface area contributed by atoms with Crippen molar-refractivity contribution >= 4 is 27.8 Å². The predicted octanol–water partition coefficient (Wildman–Crippen LogP) is 2.16. The Balaban J connectivity index is 2.44. The van der Waals surface area contributed by atoms with Gasteiger partial charge in [-0.3, -0.25) is 9.59 Å². The van der Waals surface area contributed by atoms with Crippen molar-refractivity contribution in [1.82, 2.24) is 4.90 Å².